The topological polar surface area (TPSA) is 87.5 Å². The quantitative estimate of drug-likeness (QED) is 0.699. The first-order valence-corrected chi connectivity index (χ1v) is 6.48. The van der Waals surface area contributed by atoms with Crippen LogP contribution in [0, 0.1) is 5.92 Å². The van der Waals surface area contributed by atoms with Crippen LogP contribution >= 0.6 is 12.4 Å². The molecule has 112 valence electrons. The summed E-state index contributed by atoms with van der Waals surface area (Å²) in [5, 5.41) is 4.68. The Labute approximate surface area is 120 Å². The van der Waals surface area contributed by atoms with E-state index in [0.717, 1.165) is 25.9 Å². The Morgan fingerprint density at radius 2 is 2.00 bits per heavy atom. The van der Waals surface area contributed by atoms with Gasteiger partial charge in [0.2, 0.25) is 5.91 Å². The van der Waals surface area contributed by atoms with Gasteiger partial charge in [0.15, 0.2) is 0 Å². The molecule has 1 saturated heterocycles. The van der Waals surface area contributed by atoms with Crippen molar-refractivity contribution < 1.29 is 9.59 Å². The van der Waals surface area contributed by atoms with Crippen molar-refractivity contribution in [3.63, 3.8) is 0 Å². The molecule has 0 aromatic heterocycles. The van der Waals surface area contributed by atoms with Gasteiger partial charge in [-0.05, 0) is 39.2 Å². The summed E-state index contributed by atoms with van der Waals surface area (Å²) in [6.45, 7) is 5.52. The molecule has 0 saturated carbocycles. The van der Waals surface area contributed by atoms with Gasteiger partial charge in [-0.2, -0.15) is 0 Å². The number of nitrogens with one attached hydrogen (secondary N) is 2. The van der Waals surface area contributed by atoms with Crippen molar-refractivity contribution in [3.05, 3.63) is 0 Å². The molecule has 0 aromatic rings. The van der Waals surface area contributed by atoms with Gasteiger partial charge in [0.1, 0.15) is 0 Å². The zero-order chi connectivity index (χ0) is 13.7. The van der Waals surface area contributed by atoms with Crippen LogP contribution in [0.25, 0.3) is 0 Å². The van der Waals surface area contributed by atoms with Crippen molar-refractivity contribution in [2.75, 3.05) is 20.1 Å². The number of nitrogens with two attached hydrogens (primary N) is 1. The number of hydrogen-bond acceptors (Lipinski definition) is 4. The van der Waals surface area contributed by atoms with E-state index in [4.69, 9.17) is 5.73 Å². The van der Waals surface area contributed by atoms with E-state index in [2.05, 4.69) is 15.5 Å². The first-order valence-electron chi connectivity index (χ1n) is 6.48. The number of rotatable bonds is 3. The Morgan fingerprint density at radius 1 is 1.37 bits per heavy atom. The monoisotopic (exact) mass is 292 g/mol. The molecule has 0 spiro atoms. The molecule has 7 heteroatoms. The van der Waals surface area contributed by atoms with Crippen molar-refractivity contribution >= 4 is 24.3 Å². The van der Waals surface area contributed by atoms with Gasteiger partial charge in [0.05, 0.1) is 6.04 Å². The minimum absolute atomic E-state index is 0. The maximum Gasteiger partial charge on any atom is 0.321 e. The van der Waals surface area contributed by atoms with Crippen LogP contribution in [-0.4, -0.2) is 49.1 Å². The van der Waals surface area contributed by atoms with Crippen LogP contribution in [0.1, 0.15) is 26.7 Å². The van der Waals surface area contributed by atoms with Crippen LogP contribution in [0.4, 0.5) is 4.79 Å². The van der Waals surface area contributed by atoms with Crippen LogP contribution in [0.3, 0.4) is 0 Å². The van der Waals surface area contributed by atoms with Crippen LogP contribution in [0.5, 0.6) is 0 Å². The average Bonchev–Trinajstić information content (AvgIpc) is 2.37. The van der Waals surface area contributed by atoms with E-state index in [9.17, 15) is 9.59 Å². The maximum absolute atomic E-state index is 11.8. The van der Waals surface area contributed by atoms with E-state index in [-0.39, 0.29) is 30.4 Å². The number of halogens is 1. The van der Waals surface area contributed by atoms with Gasteiger partial charge >= 0.3 is 6.03 Å². The van der Waals surface area contributed by atoms with Gasteiger partial charge < -0.3 is 11.1 Å². The Balaban J connectivity index is 0.00000324. The second-order valence-corrected chi connectivity index (χ2v) is 5.00. The molecule has 0 aliphatic carbocycles. The average molecular weight is 293 g/mol. The summed E-state index contributed by atoms with van der Waals surface area (Å²) >= 11 is 0. The molecule has 3 atom stereocenters. The van der Waals surface area contributed by atoms with Crippen molar-refractivity contribution in [3.8, 4) is 0 Å². The number of likely N-dealkylation sites (tertiary alicyclic amines) is 1. The highest BCUT2D eigenvalue weighted by Gasteiger charge is 2.29. The molecule has 3 unspecified atom stereocenters. The fourth-order valence-electron chi connectivity index (χ4n) is 2.27. The molecule has 6 nitrogen and oxygen atoms in total. The fourth-order valence-corrected chi connectivity index (χ4v) is 2.27. The predicted octanol–water partition coefficient (Wildman–Crippen LogP) is 0.312. The van der Waals surface area contributed by atoms with Gasteiger partial charge in [-0.15, -0.1) is 12.4 Å². The highest BCUT2D eigenvalue weighted by atomic mass is 35.5. The first kappa shape index (κ1) is 18.1. The third-order valence-electron chi connectivity index (χ3n) is 3.62. The lowest BCUT2D eigenvalue weighted by atomic mass is 9.91. The van der Waals surface area contributed by atoms with Crippen LogP contribution in [-0.2, 0) is 4.79 Å². The normalized spacial score (nSPS) is 22.8. The number of imide groups is 1. The Morgan fingerprint density at radius 3 is 2.53 bits per heavy atom. The molecule has 1 heterocycles. The van der Waals surface area contributed by atoms with E-state index in [1.807, 2.05) is 13.8 Å². The zero-order valence-corrected chi connectivity index (χ0v) is 12.6. The number of nitrogens with zero attached hydrogens (tertiary/aromatic N) is 1. The van der Waals surface area contributed by atoms with E-state index in [1.54, 1.807) is 0 Å². The first-order chi connectivity index (χ1) is 8.45. The van der Waals surface area contributed by atoms with Crippen LogP contribution < -0.4 is 16.4 Å². The Bertz CT molecular complexity index is 312. The Kier molecular flexibility index (Phi) is 7.97. The molecule has 19 heavy (non-hydrogen) atoms. The SMILES string of the molecule is CNC(=O)NC(=O)C(C)N1CCCC(C(C)N)C1.Cl. The van der Waals surface area contributed by atoms with Crippen LogP contribution in [0.15, 0.2) is 0 Å². The molecule has 1 rings (SSSR count). The summed E-state index contributed by atoms with van der Waals surface area (Å²) in [6, 6.07) is -0.626. The molecule has 0 bridgehead atoms. The minimum atomic E-state index is -0.465. The van der Waals surface area contributed by atoms with Crippen molar-refractivity contribution in [1.29, 1.82) is 0 Å². The summed E-state index contributed by atoms with van der Waals surface area (Å²) in [4.78, 5) is 25.0. The molecule has 1 aliphatic heterocycles. The van der Waals surface area contributed by atoms with Gasteiger partial charge in [-0.1, -0.05) is 0 Å². The smallest absolute Gasteiger partial charge is 0.321 e. The molecule has 3 amide bonds. The number of carbonyl (C=O) groups is 2. The second-order valence-electron chi connectivity index (χ2n) is 5.00. The standard InChI is InChI=1S/C12H24N4O2.ClH/c1-8(13)10-5-4-6-16(7-10)9(2)11(17)15-12(18)14-3;/h8-10H,4-7,13H2,1-3H3,(H2,14,15,17,18);1H. The lowest BCUT2D eigenvalue weighted by molar-refractivity contribution is -0.125. The molecule has 0 aromatic carbocycles. The maximum atomic E-state index is 11.8. The molecular formula is C12H25ClN4O2. The van der Waals surface area contributed by atoms with E-state index < -0.39 is 6.03 Å². The molecule has 1 fully saturated rings. The summed E-state index contributed by atoms with van der Waals surface area (Å²) in [5.74, 6) is 0.161. The Hall–Kier alpha value is -0.850. The minimum Gasteiger partial charge on any atom is -0.341 e. The van der Waals surface area contributed by atoms with Gasteiger partial charge in [-0.25, -0.2) is 4.79 Å². The number of carbonyl (C=O) groups excluding carboxylic acids is 2. The summed E-state index contributed by atoms with van der Waals surface area (Å²) < 4.78 is 0. The fraction of sp³-hybridized carbons (Fsp3) is 0.833. The third kappa shape index (κ3) is 5.34. The highest BCUT2D eigenvalue weighted by molar-refractivity contribution is 5.96. The molecule has 1 aliphatic rings. The van der Waals surface area contributed by atoms with E-state index in [1.165, 1.54) is 7.05 Å². The number of urea groups is 1. The zero-order valence-electron chi connectivity index (χ0n) is 11.8. The molecule has 0 radical (unpaired) electrons. The van der Waals surface area contributed by atoms with E-state index >= 15 is 0 Å². The van der Waals surface area contributed by atoms with Gasteiger partial charge in [0, 0.05) is 19.6 Å². The number of amides is 3. The summed E-state index contributed by atoms with van der Waals surface area (Å²) in [6.07, 6.45) is 2.15. The largest absolute Gasteiger partial charge is 0.341 e. The van der Waals surface area contributed by atoms with Crippen LogP contribution in [0.2, 0.25) is 0 Å². The number of piperidine rings is 1. The van der Waals surface area contributed by atoms with Gasteiger partial charge in [0.25, 0.3) is 0 Å². The van der Waals surface area contributed by atoms with Gasteiger partial charge in [-0.3, -0.25) is 15.0 Å². The van der Waals surface area contributed by atoms with Crippen molar-refractivity contribution in [2.24, 2.45) is 11.7 Å². The predicted molar refractivity (Wildman–Crippen MR) is 77.3 cm³/mol. The van der Waals surface area contributed by atoms with Crippen molar-refractivity contribution in [1.82, 2.24) is 15.5 Å². The molecule has 4 N–H and O–H groups in total. The second kappa shape index (κ2) is 8.35. The van der Waals surface area contributed by atoms with Crippen molar-refractivity contribution in [2.45, 2.75) is 38.8 Å². The lowest BCUT2D eigenvalue weighted by Gasteiger charge is -2.37. The molecular weight excluding hydrogens is 268 g/mol. The third-order valence-corrected chi connectivity index (χ3v) is 3.62. The summed E-state index contributed by atoms with van der Waals surface area (Å²) in [5.41, 5.74) is 5.92. The lowest BCUT2D eigenvalue weighted by Crippen LogP contribution is -2.53. The highest BCUT2D eigenvalue weighted by Crippen LogP contribution is 2.20. The number of hydrogen-bond donors (Lipinski definition) is 3. The van der Waals surface area contributed by atoms with E-state index in [0.29, 0.717) is 5.92 Å². The summed E-state index contributed by atoms with van der Waals surface area (Å²) in [7, 11) is 1.49.